The van der Waals surface area contributed by atoms with E-state index in [1.807, 2.05) is 51.7 Å². The number of hydrogen-bond acceptors (Lipinski definition) is 3. The van der Waals surface area contributed by atoms with E-state index >= 15 is 0 Å². The van der Waals surface area contributed by atoms with Crippen molar-refractivity contribution < 1.29 is 4.79 Å². The van der Waals surface area contributed by atoms with Crippen LogP contribution >= 0.6 is 11.6 Å². The van der Waals surface area contributed by atoms with Gasteiger partial charge in [-0.3, -0.25) is 9.48 Å². The molecule has 0 aliphatic heterocycles. The maximum atomic E-state index is 12.1. The number of amides is 1. The molecule has 0 radical (unpaired) electrons. The predicted octanol–water partition coefficient (Wildman–Crippen LogP) is 3.25. The third-order valence-corrected chi connectivity index (χ3v) is 4.72. The van der Waals surface area contributed by atoms with Gasteiger partial charge in [0, 0.05) is 24.9 Å². The van der Waals surface area contributed by atoms with Gasteiger partial charge in [-0.15, -0.1) is 0 Å². The van der Waals surface area contributed by atoms with Gasteiger partial charge in [-0.1, -0.05) is 29.8 Å². The second-order valence-corrected chi connectivity index (χ2v) is 6.47. The topological polar surface area (TPSA) is 64.7 Å². The van der Waals surface area contributed by atoms with Crippen molar-refractivity contribution in [3.8, 4) is 0 Å². The monoisotopic (exact) mass is 367 g/mol. The molecule has 1 N–H and O–H groups in total. The molecule has 4 rings (SSSR count). The average Bonchev–Trinajstić information content (AvgIpc) is 3.25. The normalized spacial score (nSPS) is 11.3. The van der Waals surface area contributed by atoms with Crippen molar-refractivity contribution in [2.45, 2.75) is 19.5 Å². The van der Waals surface area contributed by atoms with E-state index in [0.29, 0.717) is 31.1 Å². The minimum atomic E-state index is 0.0000916. The molecule has 2 heterocycles. The van der Waals surface area contributed by atoms with Crippen LogP contribution in [0.25, 0.3) is 21.9 Å². The van der Waals surface area contributed by atoms with E-state index in [0.717, 1.165) is 21.9 Å². The summed E-state index contributed by atoms with van der Waals surface area (Å²) in [5, 5.41) is 8.85. The van der Waals surface area contributed by atoms with Crippen molar-refractivity contribution in [1.29, 1.82) is 0 Å². The van der Waals surface area contributed by atoms with Crippen LogP contribution in [0.3, 0.4) is 0 Å². The molecule has 0 saturated heterocycles. The molecule has 0 atom stereocenters. The zero-order chi connectivity index (χ0) is 17.9. The largest absolute Gasteiger partial charge is 0.354 e. The first kappa shape index (κ1) is 16.6. The van der Waals surface area contributed by atoms with Crippen LogP contribution in [-0.4, -0.2) is 31.8 Å². The van der Waals surface area contributed by atoms with Crippen molar-refractivity contribution >= 4 is 39.4 Å². The minimum absolute atomic E-state index is 0.0000916. The van der Waals surface area contributed by atoms with Gasteiger partial charge < -0.3 is 9.88 Å². The number of carbonyl (C=O) groups excluding carboxylic acids is 1. The first-order valence-electron chi connectivity index (χ1n) is 8.49. The molecule has 6 nitrogen and oxygen atoms in total. The van der Waals surface area contributed by atoms with Crippen LogP contribution in [0.1, 0.15) is 6.42 Å². The van der Waals surface area contributed by atoms with Gasteiger partial charge in [-0.25, -0.2) is 4.98 Å². The van der Waals surface area contributed by atoms with Crippen LogP contribution in [0.5, 0.6) is 0 Å². The summed E-state index contributed by atoms with van der Waals surface area (Å²) in [4.78, 5) is 16.5. The van der Waals surface area contributed by atoms with Gasteiger partial charge >= 0.3 is 0 Å². The highest BCUT2D eigenvalue weighted by atomic mass is 35.5. The lowest BCUT2D eigenvalue weighted by atomic mass is 10.2. The van der Waals surface area contributed by atoms with Gasteiger partial charge in [0.2, 0.25) is 5.91 Å². The molecule has 0 aliphatic carbocycles. The molecule has 2 aromatic heterocycles. The van der Waals surface area contributed by atoms with Crippen LogP contribution < -0.4 is 5.32 Å². The zero-order valence-electron chi connectivity index (χ0n) is 14.1. The number of benzene rings is 2. The standard InChI is InChI=1S/C19H18ClN5O/c20-15-4-3-7-17-14(15)12-23-25(17)10-8-19(26)21-9-11-24-13-22-16-5-1-2-6-18(16)24/h1-7,12-13H,8-11H2,(H,21,26). The van der Waals surface area contributed by atoms with Gasteiger partial charge in [-0.2, -0.15) is 5.10 Å². The first-order valence-corrected chi connectivity index (χ1v) is 8.87. The fourth-order valence-corrected chi connectivity index (χ4v) is 3.26. The van der Waals surface area contributed by atoms with E-state index in [1.165, 1.54) is 0 Å². The summed E-state index contributed by atoms with van der Waals surface area (Å²) in [5.74, 6) is 0.0000916. The molecule has 132 valence electrons. The summed E-state index contributed by atoms with van der Waals surface area (Å²) in [6.07, 6.45) is 3.91. The van der Waals surface area contributed by atoms with Crippen molar-refractivity contribution in [2.75, 3.05) is 6.54 Å². The Bertz CT molecular complexity index is 1070. The number of aromatic nitrogens is 4. The molecule has 4 aromatic rings. The Morgan fingerprint density at radius 2 is 1.92 bits per heavy atom. The Labute approximate surface area is 155 Å². The number of nitrogens with zero attached hydrogens (tertiary/aromatic N) is 4. The number of para-hydroxylation sites is 2. The molecule has 2 aromatic carbocycles. The lowest BCUT2D eigenvalue weighted by molar-refractivity contribution is -0.121. The quantitative estimate of drug-likeness (QED) is 0.569. The van der Waals surface area contributed by atoms with Crippen LogP contribution in [0.15, 0.2) is 55.0 Å². The molecule has 0 saturated carbocycles. The van der Waals surface area contributed by atoms with E-state index in [-0.39, 0.29) is 5.91 Å². The number of halogens is 1. The summed E-state index contributed by atoms with van der Waals surface area (Å²) in [6.45, 7) is 1.76. The van der Waals surface area contributed by atoms with Gasteiger partial charge in [-0.05, 0) is 24.3 Å². The first-order chi connectivity index (χ1) is 12.7. The van der Waals surface area contributed by atoms with Crippen LogP contribution in [0, 0.1) is 0 Å². The average molecular weight is 368 g/mol. The third-order valence-electron chi connectivity index (χ3n) is 4.39. The molecule has 26 heavy (non-hydrogen) atoms. The smallest absolute Gasteiger partial charge is 0.221 e. The van der Waals surface area contributed by atoms with Crippen LogP contribution in [0.4, 0.5) is 0 Å². The number of fused-ring (bicyclic) bond motifs is 2. The van der Waals surface area contributed by atoms with Gasteiger partial charge in [0.1, 0.15) is 0 Å². The Kier molecular flexibility index (Phi) is 4.58. The van der Waals surface area contributed by atoms with E-state index in [4.69, 9.17) is 11.6 Å². The third kappa shape index (κ3) is 3.28. The summed E-state index contributed by atoms with van der Waals surface area (Å²) in [5.41, 5.74) is 2.97. The molecular weight excluding hydrogens is 350 g/mol. The van der Waals surface area contributed by atoms with Crippen molar-refractivity contribution in [3.05, 3.63) is 60.0 Å². The number of carbonyl (C=O) groups is 1. The van der Waals surface area contributed by atoms with Gasteiger partial charge in [0.25, 0.3) is 0 Å². The Morgan fingerprint density at radius 1 is 1.08 bits per heavy atom. The molecule has 0 unspecified atom stereocenters. The molecule has 7 heteroatoms. The summed E-state index contributed by atoms with van der Waals surface area (Å²) >= 11 is 6.15. The second kappa shape index (κ2) is 7.17. The molecule has 0 aliphatic rings. The predicted molar refractivity (Wildman–Crippen MR) is 102 cm³/mol. The number of imidazole rings is 1. The molecule has 0 fully saturated rings. The van der Waals surface area contributed by atoms with Gasteiger partial charge in [0.15, 0.2) is 0 Å². The molecule has 1 amide bonds. The Balaban J connectivity index is 1.31. The highest BCUT2D eigenvalue weighted by Crippen LogP contribution is 2.22. The zero-order valence-corrected chi connectivity index (χ0v) is 14.9. The number of nitrogens with one attached hydrogen (secondary N) is 1. The SMILES string of the molecule is O=C(CCn1ncc2c(Cl)cccc21)NCCn1cnc2ccccc21. The fourth-order valence-electron chi connectivity index (χ4n) is 3.05. The van der Waals surface area contributed by atoms with Crippen molar-refractivity contribution in [3.63, 3.8) is 0 Å². The fraction of sp³-hybridized carbons (Fsp3) is 0.211. The number of rotatable bonds is 6. The summed E-state index contributed by atoms with van der Waals surface area (Å²) in [7, 11) is 0. The summed E-state index contributed by atoms with van der Waals surface area (Å²) in [6, 6.07) is 13.6. The van der Waals surface area contributed by atoms with Crippen molar-refractivity contribution in [1.82, 2.24) is 24.6 Å². The molecular formula is C19H18ClN5O. The highest BCUT2D eigenvalue weighted by molar-refractivity contribution is 6.35. The maximum absolute atomic E-state index is 12.1. The second-order valence-electron chi connectivity index (χ2n) is 6.07. The van der Waals surface area contributed by atoms with E-state index < -0.39 is 0 Å². The molecule has 0 bridgehead atoms. The lowest BCUT2D eigenvalue weighted by Gasteiger charge is -2.08. The van der Waals surface area contributed by atoms with Crippen LogP contribution in [0.2, 0.25) is 5.02 Å². The van der Waals surface area contributed by atoms with Crippen LogP contribution in [-0.2, 0) is 17.9 Å². The van der Waals surface area contributed by atoms with E-state index in [2.05, 4.69) is 15.4 Å². The highest BCUT2D eigenvalue weighted by Gasteiger charge is 2.08. The van der Waals surface area contributed by atoms with E-state index in [1.54, 1.807) is 12.5 Å². The molecule has 0 spiro atoms. The summed E-state index contributed by atoms with van der Waals surface area (Å²) < 4.78 is 3.85. The van der Waals surface area contributed by atoms with E-state index in [9.17, 15) is 4.79 Å². The lowest BCUT2D eigenvalue weighted by Crippen LogP contribution is -2.28. The number of aryl methyl sites for hydroxylation is 1. The Hall–Kier alpha value is -2.86. The maximum Gasteiger partial charge on any atom is 0.221 e. The minimum Gasteiger partial charge on any atom is -0.354 e. The van der Waals surface area contributed by atoms with Crippen molar-refractivity contribution in [2.24, 2.45) is 0 Å². The number of hydrogen-bond donors (Lipinski definition) is 1. The Morgan fingerprint density at radius 3 is 2.85 bits per heavy atom. The van der Waals surface area contributed by atoms with Gasteiger partial charge in [0.05, 0.1) is 40.6 Å².